The van der Waals surface area contributed by atoms with Gasteiger partial charge in [0.25, 0.3) is 0 Å². The van der Waals surface area contributed by atoms with Crippen molar-refractivity contribution in [2.75, 3.05) is 17.6 Å². The molecule has 0 aliphatic rings. The average Bonchev–Trinajstić information content (AvgIpc) is 2.42. The van der Waals surface area contributed by atoms with Crippen LogP contribution in [0.25, 0.3) is 0 Å². The third-order valence-electron chi connectivity index (χ3n) is 2.94. The van der Waals surface area contributed by atoms with Crippen LogP contribution in [0.2, 0.25) is 0 Å². The molecule has 2 aromatic carbocycles. The number of hydrogen-bond acceptors (Lipinski definition) is 3. The van der Waals surface area contributed by atoms with Gasteiger partial charge in [-0.3, -0.25) is 5.41 Å². The standard InChI is InChI=1S/C15H18N4.ClH/c16-13-7-6-12(15(17)18)10-14(13)19-9-8-11-4-2-1-3-5-11;/h1-7,10,19H,8-9,16H2,(H3,17,18);1H. The molecule has 0 bridgehead atoms. The second-order valence-electron chi connectivity index (χ2n) is 4.38. The summed E-state index contributed by atoms with van der Waals surface area (Å²) < 4.78 is 0. The molecule has 106 valence electrons. The molecular formula is C15H19ClN4. The van der Waals surface area contributed by atoms with Crippen LogP contribution in [0.3, 0.4) is 0 Å². The van der Waals surface area contributed by atoms with E-state index in [0.717, 1.165) is 18.7 Å². The number of amidine groups is 1. The molecule has 2 rings (SSSR count). The van der Waals surface area contributed by atoms with E-state index in [9.17, 15) is 0 Å². The van der Waals surface area contributed by atoms with E-state index >= 15 is 0 Å². The van der Waals surface area contributed by atoms with Crippen molar-refractivity contribution in [1.82, 2.24) is 0 Å². The van der Waals surface area contributed by atoms with Crippen LogP contribution in [0.15, 0.2) is 48.5 Å². The Balaban J connectivity index is 0.00000200. The molecule has 0 unspecified atom stereocenters. The van der Waals surface area contributed by atoms with Gasteiger partial charge in [0.05, 0.1) is 11.4 Å². The van der Waals surface area contributed by atoms with E-state index in [1.165, 1.54) is 5.56 Å². The second kappa shape index (κ2) is 7.40. The molecule has 6 N–H and O–H groups in total. The van der Waals surface area contributed by atoms with Crippen LogP contribution >= 0.6 is 12.4 Å². The van der Waals surface area contributed by atoms with Crippen molar-refractivity contribution < 1.29 is 0 Å². The average molecular weight is 291 g/mol. The Kier molecular flexibility index (Phi) is 5.87. The highest BCUT2D eigenvalue weighted by molar-refractivity contribution is 5.96. The molecular weight excluding hydrogens is 272 g/mol. The number of nitrogens with two attached hydrogens (primary N) is 2. The van der Waals surface area contributed by atoms with Crippen molar-refractivity contribution >= 4 is 29.6 Å². The number of benzene rings is 2. The van der Waals surface area contributed by atoms with Gasteiger partial charge in [-0.25, -0.2) is 0 Å². The lowest BCUT2D eigenvalue weighted by molar-refractivity contribution is 1.02. The minimum atomic E-state index is 0. The second-order valence-corrected chi connectivity index (χ2v) is 4.38. The fourth-order valence-corrected chi connectivity index (χ4v) is 1.86. The maximum absolute atomic E-state index is 7.42. The lowest BCUT2D eigenvalue weighted by atomic mass is 10.1. The molecule has 2 aromatic rings. The van der Waals surface area contributed by atoms with Crippen molar-refractivity contribution in [2.45, 2.75) is 6.42 Å². The number of nitrogen functional groups attached to an aromatic ring is 2. The van der Waals surface area contributed by atoms with Crippen molar-refractivity contribution in [1.29, 1.82) is 5.41 Å². The van der Waals surface area contributed by atoms with Gasteiger partial charge in [-0.05, 0) is 30.2 Å². The molecule has 4 nitrogen and oxygen atoms in total. The summed E-state index contributed by atoms with van der Waals surface area (Å²) >= 11 is 0. The Labute approximate surface area is 125 Å². The van der Waals surface area contributed by atoms with Crippen molar-refractivity contribution in [2.24, 2.45) is 5.73 Å². The maximum Gasteiger partial charge on any atom is 0.122 e. The quantitative estimate of drug-likeness (QED) is 0.388. The summed E-state index contributed by atoms with van der Waals surface area (Å²) in [5.74, 6) is 0.0473. The molecule has 0 fully saturated rings. The number of nitrogens with one attached hydrogen (secondary N) is 2. The molecule has 0 atom stereocenters. The topological polar surface area (TPSA) is 87.9 Å². The monoisotopic (exact) mass is 290 g/mol. The number of halogens is 1. The molecule has 0 saturated heterocycles. The summed E-state index contributed by atoms with van der Waals surface area (Å²) in [6, 6.07) is 15.6. The van der Waals surface area contributed by atoms with Gasteiger partial charge in [-0.1, -0.05) is 30.3 Å². The van der Waals surface area contributed by atoms with Crippen molar-refractivity contribution in [3.8, 4) is 0 Å². The molecule has 0 radical (unpaired) electrons. The summed E-state index contributed by atoms with van der Waals surface area (Å²) in [7, 11) is 0. The molecule has 0 spiro atoms. The highest BCUT2D eigenvalue weighted by Crippen LogP contribution is 2.19. The highest BCUT2D eigenvalue weighted by atomic mass is 35.5. The Bertz CT molecular complexity index is 569. The zero-order valence-corrected chi connectivity index (χ0v) is 11.9. The lowest BCUT2D eigenvalue weighted by Crippen LogP contribution is -2.13. The summed E-state index contributed by atoms with van der Waals surface area (Å²) in [5.41, 5.74) is 14.8. The summed E-state index contributed by atoms with van der Waals surface area (Å²) in [4.78, 5) is 0. The number of rotatable bonds is 5. The molecule has 0 saturated carbocycles. The minimum Gasteiger partial charge on any atom is -0.397 e. The molecule has 0 aliphatic heterocycles. The first-order valence-electron chi connectivity index (χ1n) is 6.18. The largest absolute Gasteiger partial charge is 0.397 e. The van der Waals surface area contributed by atoms with Crippen LogP contribution in [0, 0.1) is 5.41 Å². The molecule has 20 heavy (non-hydrogen) atoms. The summed E-state index contributed by atoms with van der Waals surface area (Å²) in [6.07, 6.45) is 0.921. The van der Waals surface area contributed by atoms with Gasteiger partial charge in [0.15, 0.2) is 0 Å². The van der Waals surface area contributed by atoms with E-state index in [-0.39, 0.29) is 18.2 Å². The smallest absolute Gasteiger partial charge is 0.122 e. The fraction of sp³-hybridized carbons (Fsp3) is 0.133. The predicted molar refractivity (Wildman–Crippen MR) is 87.8 cm³/mol. The van der Waals surface area contributed by atoms with Crippen LogP contribution < -0.4 is 16.8 Å². The Hall–Kier alpha value is -2.20. The van der Waals surface area contributed by atoms with E-state index < -0.39 is 0 Å². The first-order chi connectivity index (χ1) is 9.16. The highest BCUT2D eigenvalue weighted by Gasteiger charge is 2.02. The number of anilines is 2. The van der Waals surface area contributed by atoms with E-state index in [1.54, 1.807) is 12.1 Å². The zero-order chi connectivity index (χ0) is 13.7. The third kappa shape index (κ3) is 4.17. The molecule has 0 aromatic heterocycles. The zero-order valence-electron chi connectivity index (χ0n) is 11.1. The summed E-state index contributed by atoms with van der Waals surface area (Å²) in [5, 5.41) is 10.7. The molecule has 0 heterocycles. The molecule has 5 heteroatoms. The Morgan fingerprint density at radius 1 is 1.10 bits per heavy atom. The minimum absolute atomic E-state index is 0. The van der Waals surface area contributed by atoms with Crippen molar-refractivity contribution in [3.63, 3.8) is 0 Å². The van der Waals surface area contributed by atoms with Crippen molar-refractivity contribution in [3.05, 3.63) is 59.7 Å². The van der Waals surface area contributed by atoms with Crippen LogP contribution in [0.4, 0.5) is 11.4 Å². The van der Waals surface area contributed by atoms with E-state index in [2.05, 4.69) is 17.4 Å². The first-order valence-corrected chi connectivity index (χ1v) is 6.18. The Morgan fingerprint density at radius 3 is 2.45 bits per heavy atom. The molecule has 0 amide bonds. The molecule has 0 aliphatic carbocycles. The SMILES string of the molecule is Cl.N=C(N)c1ccc(N)c(NCCc2ccccc2)c1. The van der Waals surface area contributed by atoms with Gasteiger partial charge in [0, 0.05) is 12.1 Å². The maximum atomic E-state index is 7.42. The van der Waals surface area contributed by atoms with E-state index in [1.807, 2.05) is 24.3 Å². The fourth-order valence-electron chi connectivity index (χ4n) is 1.86. The van der Waals surface area contributed by atoms with Gasteiger partial charge >= 0.3 is 0 Å². The Morgan fingerprint density at radius 2 is 1.80 bits per heavy atom. The van der Waals surface area contributed by atoms with Gasteiger partial charge in [-0.2, -0.15) is 0 Å². The number of hydrogen-bond donors (Lipinski definition) is 4. The van der Waals surface area contributed by atoms with Crippen LogP contribution in [-0.2, 0) is 6.42 Å². The van der Waals surface area contributed by atoms with Crippen LogP contribution in [0.1, 0.15) is 11.1 Å². The van der Waals surface area contributed by atoms with Gasteiger partial charge in [-0.15, -0.1) is 12.4 Å². The first kappa shape index (κ1) is 15.9. The summed E-state index contributed by atoms with van der Waals surface area (Å²) in [6.45, 7) is 0.787. The van der Waals surface area contributed by atoms with E-state index in [4.69, 9.17) is 16.9 Å². The third-order valence-corrected chi connectivity index (χ3v) is 2.94. The van der Waals surface area contributed by atoms with Gasteiger partial charge in [0.2, 0.25) is 0 Å². The van der Waals surface area contributed by atoms with E-state index in [0.29, 0.717) is 11.3 Å². The van der Waals surface area contributed by atoms with Gasteiger partial charge < -0.3 is 16.8 Å². The van der Waals surface area contributed by atoms with Gasteiger partial charge in [0.1, 0.15) is 5.84 Å². The predicted octanol–water partition coefficient (Wildman–Crippen LogP) is 2.63. The van der Waals surface area contributed by atoms with Crippen LogP contribution in [0.5, 0.6) is 0 Å². The lowest BCUT2D eigenvalue weighted by Gasteiger charge is -2.11. The van der Waals surface area contributed by atoms with Crippen LogP contribution in [-0.4, -0.2) is 12.4 Å². The normalized spacial score (nSPS) is 9.60.